The Kier molecular flexibility index (Phi) is 2.42. The summed E-state index contributed by atoms with van der Waals surface area (Å²) in [4.78, 5) is 8.93. The molecular weight excluding hydrogens is 188 g/mol. The molecule has 2 aromatic rings. The van der Waals surface area contributed by atoms with Gasteiger partial charge in [0, 0.05) is 7.05 Å². The van der Waals surface area contributed by atoms with E-state index in [0.717, 1.165) is 41.1 Å². The first-order valence-corrected chi connectivity index (χ1v) is 5.30. The minimum atomic E-state index is 0.828. The number of rotatable bonds is 2. The predicted molar refractivity (Wildman–Crippen MR) is 59.8 cm³/mol. The number of aromatic nitrogens is 4. The highest BCUT2D eigenvalue weighted by Crippen LogP contribution is 2.20. The SMILES string of the molecule is CCCc1nc(C)nc2c1c(C)nn2C. The van der Waals surface area contributed by atoms with Gasteiger partial charge >= 0.3 is 0 Å². The van der Waals surface area contributed by atoms with E-state index in [0.29, 0.717) is 0 Å². The molecule has 4 nitrogen and oxygen atoms in total. The molecule has 2 rings (SSSR count). The number of fused-ring (bicyclic) bond motifs is 1. The van der Waals surface area contributed by atoms with Crippen LogP contribution in [-0.2, 0) is 13.5 Å². The van der Waals surface area contributed by atoms with Crippen molar-refractivity contribution in [1.82, 2.24) is 19.7 Å². The van der Waals surface area contributed by atoms with E-state index in [1.165, 1.54) is 0 Å². The zero-order valence-corrected chi connectivity index (χ0v) is 9.70. The normalized spacial score (nSPS) is 11.2. The Hall–Kier alpha value is -1.45. The largest absolute Gasteiger partial charge is 0.250 e. The minimum absolute atomic E-state index is 0.828. The molecule has 0 N–H and O–H groups in total. The Labute approximate surface area is 89.3 Å². The van der Waals surface area contributed by atoms with Gasteiger partial charge < -0.3 is 0 Å². The third-order valence-electron chi connectivity index (χ3n) is 2.53. The van der Waals surface area contributed by atoms with Gasteiger partial charge in [-0.3, -0.25) is 4.68 Å². The van der Waals surface area contributed by atoms with E-state index < -0.39 is 0 Å². The predicted octanol–water partition coefficient (Wildman–Crippen LogP) is 1.93. The fourth-order valence-corrected chi connectivity index (χ4v) is 1.96. The topological polar surface area (TPSA) is 43.6 Å². The van der Waals surface area contributed by atoms with Gasteiger partial charge in [0.05, 0.1) is 16.8 Å². The molecule has 0 radical (unpaired) electrons. The van der Waals surface area contributed by atoms with Crippen molar-refractivity contribution in [2.24, 2.45) is 7.05 Å². The van der Waals surface area contributed by atoms with Gasteiger partial charge in [-0.05, 0) is 20.3 Å². The van der Waals surface area contributed by atoms with Crippen LogP contribution in [0.5, 0.6) is 0 Å². The summed E-state index contributed by atoms with van der Waals surface area (Å²) in [5.41, 5.74) is 3.10. The maximum atomic E-state index is 4.50. The maximum Gasteiger partial charge on any atom is 0.161 e. The summed E-state index contributed by atoms with van der Waals surface area (Å²) < 4.78 is 1.83. The second-order valence-corrected chi connectivity index (χ2v) is 3.88. The zero-order chi connectivity index (χ0) is 11.0. The van der Waals surface area contributed by atoms with Gasteiger partial charge in [-0.25, -0.2) is 9.97 Å². The van der Waals surface area contributed by atoms with E-state index in [-0.39, 0.29) is 0 Å². The van der Waals surface area contributed by atoms with Crippen molar-refractivity contribution in [3.05, 3.63) is 17.2 Å². The van der Waals surface area contributed by atoms with Crippen LogP contribution in [0.4, 0.5) is 0 Å². The van der Waals surface area contributed by atoms with Crippen LogP contribution in [0.3, 0.4) is 0 Å². The van der Waals surface area contributed by atoms with Gasteiger partial charge in [-0.1, -0.05) is 13.3 Å². The first-order chi connectivity index (χ1) is 7.13. The first kappa shape index (κ1) is 10.1. The summed E-state index contributed by atoms with van der Waals surface area (Å²) in [5.74, 6) is 0.828. The maximum absolute atomic E-state index is 4.50. The summed E-state index contributed by atoms with van der Waals surface area (Å²) in [6.07, 6.45) is 2.09. The summed E-state index contributed by atoms with van der Waals surface area (Å²) in [6, 6.07) is 0. The second kappa shape index (κ2) is 3.61. The monoisotopic (exact) mass is 204 g/mol. The van der Waals surface area contributed by atoms with E-state index in [1.807, 2.05) is 25.6 Å². The van der Waals surface area contributed by atoms with Crippen molar-refractivity contribution in [3.8, 4) is 0 Å². The molecule has 0 unspecified atom stereocenters. The molecule has 0 amide bonds. The lowest BCUT2D eigenvalue weighted by molar-refractivity contribution is 0.770. The number of nitrogens with zero attached hydrogens (tertiary/aromatic N) is 4. The number of hydrogen-bond acceptors (Lipinski definition) is 3. The molecule has 2 heterocycles. The van der Waals surface area contributed by atoms with Crippen molar-refractivity contribution in [2.75, 3.05) is 0 Å². The molecule has 0 aromatic carbocycles. The standard InChI is InChI=1S/C11H16N4/c1-5-6-9-10-7(2)14-15(4)11(10)13-8(3)12-9/h5-6H2,1-4H3. The van der Waals surface area contributed by atoms with Crippen molar-refractivity contribution in [1.29, 1.82) is 0 Å². The van der Waals surface area contributed by atoms with E-state index >= 15 is 0 Å². The first-order valence-electron chi connectivity index (χ1n) is 5.30. The van der Waals surface area contributed by atoms with Crippen LogP contribution in [-0.4, -0.2) is 19.7 Å². The molecule has 0 aliphatic carbocycles. The highest BCUT2D eigenvalue weighted by molar-refractivity contribution is 5.80. The van der Waals surface area contributed by atoms with Crippen LogP contribution in [0.15, 0.2) is 0 Å². The average molecular weight is 204 g/mol. The van der Waals surface area contributed by atoms with Crippen molar-refractivity contribution in [3.63, 3.8) is 0 Å². The molecular formula is C11H16N4. The molecule has 0 aliphatic rings. The fraction of sp³-hybridized carbons (Fsp3) is 0.545. The van der Waals surface area contributed by atoms with Crippen LogP contribution < -0.4 is 0 Å². The molecule has 0 fully saturated rings. The smallest absolute Gasteiger partial charge is 0.161 e. The van der Waals surface area contributed by atoms with Crippen LogP contribution in [0, 0.1) is 13.8 Å². The van der Waals surface area contributed by atoms with Gasteiger partial charge in [-0.2, -0.15) is 5.10 Å². The fourth-order valence-electron chi connectivity index (χ4n) is 1.96. The lowest BCUT2D eigenvalue weighted by Crippen LogP contribution is -1.99. The van der Waals surface area contributed by atoms with E-state index in [2.05, 4.69) is 22.0 Å². The molecule has 0 aliphatic heterocycles. The Morgan fingerprint density at radius 2 is 1.93 bits per heavy atom. The third kappa shape index (κ3) is 1.60. The molecule has 80 valence electrons. The minimum Gasteiger partial charge on any atom is -0.250 e. The summed E-state index contributed by atoms with van der Waals surface area (Å²) in [5, 5.41) is 5.52. The lowest BCUT2D eigenvalue weighted by atomic mass is 10.1. The number of hydrogen-bond donors (Lipinski definition) is 0. The number of aryl methyl sites for hydroxylation is 4. The summed E-state index contributed by atoms with van der Waals surface area (Å²) >= 11 is 0. The van der Waals surface area contributed by atoms with Gasteiger partial charge in [0.25, 0.3) is 0 Å². The van der Waals surface area contributed by atoms with Crippen molar-refractivity contribution < 1.29 is 0 Å². The second-order valence-electron chi connectivity index (χ2n) is 3.88. The van der Waals surface area contributed by atoms with E-state index in [4.69, 9.17) is 0 Å². The molecule has 0 atom stereocenters. The molecule has 0 saturated carbocycles. The third-order valence-corrected chi connectivity index (χ3v) is 2.53. The molecule has 0 spiro atoms. The Bertz CT molecular complexity index is 499. The Balaban J connectivity index is 2.77. The van der Waals surface area contributed by atoms with Gasteiger partial charge in [0.15, 0.2) is 5.65 Å². The summed E-state index contributed by atoms with van der Waals surface area (Å²) in [6.45, 7) is 6.11. The highest BCUT2D eigenvalue weighted by Gasteiger charge is 2.12. The van der Waals surface area contributed by atoms with E-state index in [1.54, 1.807) is 0 Å². The van der Waals surface area contributed by atoms with Crippen LogP contribution in [0.1, 0.15) is 30.6 Å². The van der Waals surface area contributed by atoms with E-state index in [9.17, 15) is 0 Å². The molecule has 0 saturated heterocycles. The average Bonchev–Trinajstić information content (AvgIpc) is 2.42. The van der Waals surface area contributed by atoms with Gasteiger partial charge in [0.2, 0.25) is 0 Å². The molecule has 15 heavy (non-hydrogen) atoms. The zero-order valence-electron chi connectivity index (χ0n) is 9.70. The Morgan fingerprint density at radius 3 is 2.60 bits per heavy atom. The van der Waals surface area contributed by atoms with Crippen molar-refractivity contribution in [2.45, 2.75) is 33.6 Å². The van der Waals surface area contributed by atoms with Crippen LogP contribution >= 0.6 is 0 Å². The highest BCUT2D eigenvalue weighted by atomic mass is 15.3. The van der Waals surface area contributed by atoms with Gasteiger partial charge in [-0.15, -0.1) is 0 Å². The summed E-state index contributed by atoms with van der Waals surface area (Å²) in [7, 11) is 1.93. The quantitative estimate of drug-likeness (QED) is 0.750. The molecule has 4 heteroatoms. The lowest BCUT2D eigenvalue weighted by Gasteiger charge is -2.02. The van der Waals surface area contributed by atoms with Crippen molar-refractivity contribution >= 4 is 11.0 Å². The molecule has 2 aromatic heterocycles. The van der Waals surface area contributed by atoms with Crippen LogP contribution in [0.2, 0.25) is 0 Å². The molecule has 0 bridgehead atoms. The van der Waals surface area contributed by atoms with Crippen LogP contribution in [0.25, 0.3) is 11.0 Å². The van der Waals surface area contributed by atoms with Gasteiger partial charge in [0.1, 0.15) is 5.82 Å². The Morgan fingerprint density at radius 1 is 1.20 bits per heavy atom.